The van der Waals surface area contributed by atoms with E-state index in [1.165, 1.54) is 4.31 Å². The Morgan fingerprint density at radius 2 is 1.95 bits per heavy atom. The summed E-state index contributed by atoms with van der Waals surface area (Å²) in [5.74, 6) is -1.21. The fourth-order valence-electron chi connectivity index (χ4n) is 2.25. The van der Waals surface area contributed by atoms with Crippen LogP contribution in [0.5, 0.6) is 0 Å². The van der Waals surface area contributed by atoms with Crippen LogP contribution >= 0.6 is 11.3 Å². The van der Waals surface area contributed by atoms with Crippen LogP contribution in [0.15, 0.2) is 29.2 Å². The number of sulfonamides is 1. The number of rotatable bonds is 6. The molecular formula is C14H17NO4S2. The summed E-state index contributed by atoms with van der Waals surface area (Å²) in [4.78, 5) is 11.2. The molecule has 0 spiro atoms. The quantitative estimate of drug-likeness (QED) is 0.885. The highest BCUT2D eigenvalue weighted by atomic mass is 32.2. The van der Waals surface area contributed by atoms with Crippen LogP contribution in [0, 0.1) is 0 Å². The minimum absolute atomic E-state index is 0.0779. The maximum atomic E-state index is 12.8. The van der Waals surface area contributed by atoms with Gasteiger partial charge in [-0.3, -0.25) is 0 Å². The van der Waals surface area contributed by atoms with Gasteiger partial charge >= 0.3 is 5.97 Å². The summed E-state index contributed by atoms with van der Waals surface area (Å²) in [6.45, 7) is 4.34. The van der Waals surface area contributed by atoms with Gasteiger partial charge < -0.3 is 5.11 Å². The maximum absolute atomic E-state index is 12.8. The lowest BCUT2D eigenvalue weighted by Gasteiger charge is -2.19. The van der Waals surface area contributed by atoms with Crippen LogP contribution < -0.4 is 0 Å². The van der Waals surface area contributed by atoms with Crippen molar-refractivity contribution in [3.63, 3.8) is 0 Å². The molecule has 0 saturated heterocycles. The van der Waals surface area contributed by atoms with Gasteiger partial charge in [-0.2, -0.15) is 4.31 Å². The highest BCUT2D eigenvalue weighted by molar-refractivity contribution is 7.89. The second-order valence-electron chi connectivity index (χ2n) is 4.56. The lowest BCUT2D eigenvalue weighted by atomic mass is 10.2. The predicted octanol–water partition coefficient (Wildman–Crippen LogP) is 3.02. The van der Waals surface area contributed by atoms with Gasteiger partial charge in [0.15, 0.2) is 0 Å². The maximum Gasteiger partial charge on any atom is 0.347 e. The smallest absolute Gasteiger partial charge is 0.347 e. The van der Waals surface area contributed by atoms with Gasteiger partial charge in [0.1, 0.15) is 9.77 Å². The van der Waals surface area contributed by atoms with E-state index in [0.29, 0.717) is 29.6 Å². The van der Waals surface area contributed by atoms with Crippen molar-refractivity contribution in [3.8, 4) is 0 Å². The van der Waals surface area contributed by atoms with Gasteiger partial charge in [-0.1, -0.05) is 32.0 Å². The standard InChI is InChI=1S/C14H17NO4S2/c1-3-9-15(4-2)21(18,19)13-10-7-5-6-8-11(10)20-12(13)14(16)17/h5-8H,3-4,9H2,1-2H3,(H,16,17). The van der Waals surface area contributed by atoms with E-state index in [0.717, 1.165) is 11.3 Å². The summed E-state index contributed by atoms with van der Waals surface area (Å²) in [7, 11) is -3.81. The molecule has 0 unspecified atom stereocenters. The van der Waals surface area contributed by atoms with Crippen LogP contribution in [0.1, 0.15) is 29.9 Å². The zero-order valence-corrected chi connectivity index (χ0v) is 13.5. The number of carboxylic acid groups (broad SMARTS) is 1. The molecule has 1 heterocycles. The van der Waals surface area contributed by atoms with Crippen molar-refractivity contribution in [3.05, 3.63) is 29.1 Å². The fourth-order valence-corrected chi connectivity index (χ4v) is 5.49. The third kappa shape index (κ3) is 2.81. The van der Waals surface area contributed by atoms with Gasteiger partial charge in [-0.25, -0.2) is 13.2 Å². The van der Waals surface area contributed by atoms with E-state index in [1.807, 2.05) is 6.92 Å². The number of nitrogens with zero attached hydrogens (tertiary/aromatic N) is 1. The molecule has 0 aliphatic carbocycles. The molecule has 1 aromatic carbocycles. The SMILES string of the molecule is CCCN(CC)S(=O)(=O)c1c(C(=O)O)sc2ccccc12. The fraction of sp³-hybridized carbons (Fsp3) is 0.357. The average molecular weight is 327 g/mol. The molecule has 0 saturated carbocycles. The lowest BCUT2D eigenvalue weighted by molar-refractivity contribution is 0.0698. The lowest BCUT2D eigenvalue weighted by Crippen LogP contribution is -2.32. The first-order valence-electron chi connectivity index (χ1n) is 6.68. The molecule has 5 nitrogen and oxygen atoms in total. The molecule has 1 aromatic heterocycles. The topological polar surface area (TPSA) is 74.7 Å². The molecule has 0 fully saturated rings. The van der Waals surface area contributed by atoms with E-state index in [4.69, 9.17) is 0 Å². The number of carboxylic acids is 1. The Labute approximate surface area is 127 Å². The Morgan fingerprint density at radius 3 is 2.52 bits per heavy atom. The molecule has 0 atom stereocenters. The van der Waals surface area contributed by atoms with Crippen LogP contribution in [0.2, 0.25) is 0 Å². The summed E-state index contributed by atoms with van der Waals surface area (Å²) in [5, 5.41) is 9.82. The predicted molar refractivity (Wildman–Crippen MR) is 83.5 cm³/mol. The van der Waals surface area contributed by atoms with E-state index < -0.39 is 16.0 Å². The number of hydrogen-bond donors (Lipinski definition) is 1. The van der Waals surface area contributed by atoms with E-state index in [-0.39, 0.29) is 9.77 Å². The van der Waals surface area contributed by atoms with E-state index >= 15 is 0 Å². The first-order chi connectivity index (χ1) is 9.93. The Bertz CT molecular complexity index is 764. The van der Waals surface area contributed by atoms with Crippen LogP contribution in [0.3, 0.4) is 0 Å². The second-order valence-corrected chi connectivity index (χ2v) is 7.49. The molecule has 21 heavy (non-hydrogen) atoms. The largest absolute Gasteiger partial charge is 0.477 e. The number of aromatic carboxylic acids is 1. The van der Waals surface area contributed by atoms with Crippen molar-refractivity contribution < 1.29 is 18.3 Å². The summed E-state index contributed by atoms with van der Waals surface area (Å²) < 4.78 is 27.6. The number of hydrogen-bond acceptors (Lipinski definition) is 4. The molecule has 0 bridgehead atoms. The highest BCUT2D eigenvalue weighted by Gasteiger charge is 2.32. The van der Waals surface area contributed by atoms with Crippen LogP contribution in [0.25, 0.3) is 10.1 Å². The van der Waals surface area contributed by atoms with Crippen molar-refractivity contribution in [2.45, 2.75) is 25.2 Å². The minimum atomic E-state index is -3.81. The normalized spacial score (nSPS) is 12.1. The number of fused-ring (bicyclic) bond motifs is 1. The van der Waals surface area contributed by atoms with E-state index in [9.17, 15) is 18.3 Å². The van der Waals surface area contributed by atoms with Crippen molar-refractivity contribution in [2.24, 2.45) is 0 Å². The second kappa shape index (κ2) is 6.13. The zero-order valence-electron chi connectivity index (χ0n) is 11.9. The Morgan fingerprint density at radius 1 is 1.29 bits per heavy atom. The van der Waals surface area contributed by atoms with Crippen molar-refractivity contribution >= 4 is 37.4 Å². The van der Waals surface area contributed by atoms with Crippen LogP contribution in [0.4, 0.5) is 0 Å². The summed E-state index contributed by atoms with van der Waals surface area (Å²) in [6, 6.07) is 6.88. The number of benzene rings is 1. The van der Waals surface area contributed by atoms with Gasteiger partial charge in [0.25, 0.3) is 0 Å². The molecule has 2 aromatic rings. The molecule has 0 radical (unpaired) electrons. The van der Waals surface area contributed by atoms with Gasteiger partial charge in [0.2, 0.25) is 10.0 Å². The Hall–Kier alpha value is -1.44. The van der Waals surface area contributed by atoms with Crippen LogP contribution in [-0.4, -0.2) is 36.9 Å². The van der Waals surface area contributed by atoms with Gasteiger partial charge in [0, 0.05) is 23.2 Å². The molecule has 2 rings (SSSR count). The van der Waals surface area contributed by atoms with Crippen LogP contribution in [-0.2, 0) is 10.0 Å². The Kier molecular flexibility index (Phi) is 4.65. The van der Waals surface area contributed by atoms with E-state index in [2.05, 4.69) is 0 Å². The van der Waals surface area contributed by atoms with Crippen molar-refractivity contribution in [1.82, 2.24) is 4.31 Å². The number of carbonyl (C=O) groups is 1. The minimum Gasteiger partial charge on any atom is -0.477 e. The molecule has 7 heteroatoms. The summed E-state index contributed by atoms with van der Waals surface area (Å²) in [5.41, 5.74) is 0. The third-order valence-corrected chi connectivity index (χ3v) is 6.52. The highest BCUT2D eigenvalue weighted by Crippen LogP contribution is 2.36. The summed E-state index contributed by atoms with van der Waals surface area (Å²) >= 11 is 0.999. The van der Waals surface area contributed by atoms with Crippen molar-refractivity contribution in [1.29, 1.82) is 0 Å². The van der Waals surface area contributed by atoms with E-state index in [1.54, 1.807) is 31.2 Å². The zero-order chi connectivity index (χ0) is 15.6. The number of thiophene rings is 1. The Balaban J connectivity index is 2.74. The van der Waals surface area contributed by atoms with Gasteiger partial charge in [0.05, 0.1) is 0 Å². The molecule has 0 aliphatic heterocycles. The third-order valence-electron chi connectivity index (χ3n) is 3.17. The first-order valence-corrected chi connectivity index (χ1v) is 8.94. The molecule has 114 valence electrons. The molecule has 0 aliphatic rings. The van der Waals surface area contributed by atoms with Gasteiger partial charge in [-0.05, 0) is 12.5 Å². The molecule has 1 N–H and O–H groups in total. The monoisotopic (exact) mass is 327 g/mol. The summed E-state index contributed by atoms with van der Waals surface area (Å²) in [6.07, 6.45) is 0.678. The first kappa shape index (κ1) is 15.9. The van der Waals surface area contributed by atoms with Gasteiger partial charge in [-0.15, -0.1) is 11.3 Å². The average Bonchev–Trinajstić information content (AvgIpc) is 2.84. The molecule has 0 amide bonds. The molecular weight excluding hydrogens is 310 g/mol. The van der Waals surface area contributed by atoms with Crippen molar-refractivity contribution in [2.75, 3.05) is 13.1 Å².